The molecule has 1 spiro atoms. The third-order valence-corrected chi connectivity index (χ3v) is 8.86. The fourth-order valence-electron chi connectivity index (χ4n) is 6.46. The van der Waals surface area contributed by atoms with E-state index < -0.39 is 0 Å². The summed E-state index contributed by atoms with van der Waals surface area (Å²) in [6, 6.07) is 12.4. The third-order valence-electron chi connectivity index (χ3n) is 8.86. The van der Waals surface area contributed by atoms with Crippen molar-refractivity contribution in [2.75, 3.05) is 64.4 Å². The number of carbonyl (C=O) groups excluding carboxylic acids is 1. The molecule has 7 rings (SSSR count). The molecule has 2 aromatic heterocycles. The molecule has 3 fully saturated rings. The second-order valence-corrected chi connectivity index (χ2v) is 11.8. The number of anilines is 1. The van der Waals surface area contributed by atoms with Gasteiger partial charge in [-0.2, -0.15) is 0 Å². The van der Waals surface area contributed by atoms with Crippen LogP contribution >= 0.6 is 0 Å². The minimum atomic E-state index is 0.0900. The first kappa shape index (κ1) is 25.2. The van der Waals surface area contributed by atoms with Gasteiger partial charge in [0.1, 0.15) is 5.52 Å². The summed E-state index contributed by atoms with van der Waals surface area (Å²) in [5, 5.41) is 0. The van der Waals surface area contributed by atoms with E-state index in [1.807, 2.05) is 41.6 Å². The molecule has 0 saturated carbocycles. The van der Waals surface area contributed by atoms with E-state index in [2.05, 4.69) is 47.8 Å². The maximum Gasteiger partial charge on any atom is 0.253 e. The van der Waals surface area contributed by atoms with Crippen molar-refractivity contribution in [1.82, 2.24) is 24.8 Å². The van der Waals surface area contributed by atoms with Crippen LogP contribution in [0.5, 0.6) is 0 Å². The van der Waals surface area contributed by atoms with Crippen LogP contribution in [-0.4, -0.2) is 90.2 Å². The Morgan fingerprint density at radius 2 is 1.80 bits per heavy atom. The predicted molar refractivity (Wildman–Crippen MR) is 158 cm³/mol. The molecule has 3 aliphatic heterocycles. The van der Waals surface area contributed by atoms with Crippen molar-refractivity contribution in [2.45, 2.75) is 20.3 Å². The summed E-state index contributed by atoms with van der Waals surface area (Å²) in [4.78, 5) is 32.9. The molecule has 2 aromatic carbocycles. The summed E-state index contributed by atoms with van der Waals surface area (Å²) < 4.78 is 5.34. The number of aromatic amines is 1. The molecule has 5 heterocycles. The topological polar surface area (TPSA) is 77.6 Å². The van der Waals surface area contributed by atoms with Crippen molar-refractivity contribution in [3.63, 3.8) is 0 Å². The van der Waals surface area contributed by atoms with Gasteiger partial charge in [-0.3, -0.25) is 4.79 Å². The number of piperazine rings is 1. The van der Waals surface area contributed by atoms with E-state index in [-0.39, 0.29) is 11.3 Å². The SMILES string of the molecule is CCc1cc(-c2cnc3[nH]cc(-c4ccc(C(=O)N5CC6(COC6)C5)cc4)c3n2)cc(C)c1N1CCN(C)CC1. The van der Waals surface area contributed by atoms with Crippen LogP contribution < -0.4 is 4.90 Å². The van der Waals surface area contributed by atoms with Crippen LogP contribution in [-0.2, 0) is 11.2 Å². The first-order valence-corrected chi connectivity index (χ1v) is 14.3. The van der Waals surface area contributed by atoms with E-state index in [1.54, 1.807) is 0 Å². The molecule has 3 aliphatic rings. The Balaban J connectivity index is 1.16. The molecular formula is C32H36N6O2. The molecule has 0 unspecified atom stereocenters. The van der Waals surface area contributed by atoms with Crippen LogP contribution in [0.3, 0.4) is 0 Å². The lowest BCUT2D eigenvalue weighted by atomic mass is 9.78. The normalized spacial score (nSPS) is 18.7. The van der Waals surface area contributed by atoms with Gasteiger partial charge in [-0.25, -0.2) is 9.97 Å². The van der Waals surface area contributed by atoms with Gasteiger partial charge in [0.25, 0.3) is 5.91 Å². The number of nitrogens with zero attached hydrogens (tertiary/aromatic N) is 5. The molecule has 1 amide bonds. The highest BCUT2D eigenvalue weighted by atomic mass is 16.5. The van der Waals surface area contributed by atoms with Gasteiger partial charge >= 0.3 is 0 Å². The Labute approximate surface area is 235 Å². The van der Waals surface area contributed by atoms with Gasteiger partial charge in [0.2, 0.25) is 0 Å². The summed E-state index contributed by atoms with van der Waals surface area (Å²) in [5.41, 5.74) is 10.5. The Morgan fingerprint density at radius 3 is 2.48 bits per heavy atom. The van der Waals surface area contributed by atoms with E-state index in [9.17, 15) is 4.79 Å². The summed E-state index contributed by atoms with van der Waals surface area (Å²) in [6.07, 6.45) is 4.79. The lowest BCUT2D eigenvalue weighted by Gasteiger charge is -2.54. The highest BCUT2D eigenvalue weighted by Gasteiger charge is 2.50. The Kier molecular flexibility index (Phi) is 6.13. The summed E-state index contributed by atoms with van der Waals surface area (Å²) >= 11 is 0. The molecule has 8 nitrogen and oxygen atoms in total. The molecule has 206 valence electrons. The van der Waals surface area contributed by atoms with Crippen LogP contribution in [0.1, 0.15) is 28.4 Å². The maximum absolute atomic E-state index is 12.9. The third kappa shape index (κ3) is 4.26. The molecule has 40 heavy (non-hydrogen) atoms. The number of rotatable bonds is 5. The Morgan fingerprint density at radius 1 is 1.05 bits per heavy atom. The van der Waals surface area contributed by atoms with E-state index >= 15 is 0 Å². The maximum atomic E-state index is 12.9. The van der Waals surface area contributed by atoms with Gasteiger partial charge in [0.15, 0.2) is 5.65 Å². The smallest absolute Gasteiger partial charge is 0.253 e. The number of aromatic nitrogens is 3. The van der Waals surface area contributed by atoms with Crippen LogP contribution in [0, 0.1) is 12.3 Å². The number of fused-ring (bicyclic) bond motifs is 1. The first-order chi connectivity index (χ1) is 19.4. The number of aryl methyl sites for hydroxylation is 2. The first-order valence-electron chi connectivity index (χ1n) is 14.3. The fourth-order valence-corrected chi connectivity index (χ4v) is 6.46. The van der Waals surface area contributed by atoms with Gasteiger partial charge in [-0.05, 0) is 61.3 Å². The number of ether oxygens (including phenoxy) is 1. The molecule has 1 N–H and O–H groups in total. The van der Waals surface area contributed by atoms with E-state index in [1.165, 1.54) is 16.8 Å². The minimum absolute atomic E-state index is 0.0900. The second-order valence-electron chi connectivity index (χ2n) is 11.8. The molecule has 4 aromatic rings. The molecule has 8 heteroatoms. The van der Waals surface area contributed by atoms with Crippen molar-refractivity contribution in [3.8, 4) is 22.4 Å². The summed E-state index contributed by atoms with van der Waals surface area (Å²) in [5.74, 6) is 0.0900. The number of likely N-dealkylation sites (N-methyl/N-ethyl adjacent to an activating group) is 1. The van der Waals surface area contributed by atoms with E-state index in [4.69, 9.17) is 14.7 Å². The summed E-state index contributed by atoms with van der Waals surface area (Å²) in [6.45, 7) is 11.9. The van der Waals surface area contributed by atoms with E-state index in [0.717, 1.165) is 92.5 Å². The molecule has 3 saturated heterocycles. The monoisotopic (exact) mass is 536 g/mol. The lowest BCUT2D eigenvalue weighted by molar-refractivity contribution is -0.176. The van der Waals surface area contributed by atoms with Crippen LogP contribution in [0.15, 0.2) is 48.8 Å². The second kappa shape index (κ2) is 9.71. The quantitative estimate of drug-likeness (QED) is 0.408. The van der Waals surface area contributed by atoms with Crippen molar-refractivity contribution >= 4 is 22.8 Å². The average Bonchev–Trinajstić information content (AvgIpc) is 3.35. The minimum Gasteiger partial charge on any atom is -0.380 e. The standard InChI is InChI=1S/C32H36N6O2/c1-4-22-14-25(13-21(2)29(22)37-11-9-36(3)10-12-37)27-16-34-30-28(35-27)26(15-33-30)23-5-7-24(8-6-23)31(39)38-17-32(18-38)19-40-20-32/h5-8,13-16H,4,9-12,17-20H2,1-3H3,(H,33,34). The number of amides is 1. The highest BCUT2D eigenvalue weighted by Crippen LogP contribution is 2.38. The number of likely N-dealkylation sites (tertiary alicyclic amines) is 1. The van der Waals surface area contributed by atoms with Gasteiger partial charge in [0.05, 0.1) is 30.5 Å². The van der Waals surface area contributed by atoms with Crippen LogP contribution in [0.2, 0.25) is 0 Å². The molecule has 0 bridgehead atoms. The van der Waals surface area contributed by atoms with Crippen molar-refractivity contribution in [2.24, 2.45) is 5.41 Å². The number of nitrogens with one attached hydrogen (secondary N) is 1. The summed E-state index contributed by atoms with van der Waals surface area (Å²) in [7, 11) is 2.19. The average molecular weight is 537 g/mol. The van der Waals surface area contributed by atoms with Crippen molar-refractivity contribution in [3.05, 3.63) is 65.5 Å². The van der Waals surface area contributed by atoms with Crippen molar-refractivity contribution in [1.29, 1.82) is 0 Å². The molecule has 0 radical (unpaired) electrons. The zero-order valence-corrected chi connectivity index (χ0v) is 23.5. The van der Waals surface area contributed by atoms with Crippen molar-refractivity contribution < 1.29 is 9.53 Å². The number of carbonyl (C=O) groups is 1. The number of H-pyrrole nitrogens is 1. The van der Waals surface area contributed by atoms with Gasteiger partial charge in [-0.1, -0.05) is 19.1 Å². The van der Waals surface area contributed by atoms with Gasteiger partial charge in [-0.15, -0.1) is 0 Å². The van der Waals surface area contributed by atoms with Crippen LogP contribution in [0.4, 0.5) is 5.69 Å². The number of hydrogen-bond donors (Lipinski definition) is 1. The van der Waals surface area contributed by atoms with Crippen LogP contribution in [0.25, 0.3) is 33.5 Å². The molecule has 0 atom stereocenters. The van der Waals surface area contributed by atoms with E-state index in [0.29, 0.717) is 5.56 Å². The number of hydrogen-bond acceptors (Lipinski definition) is 6. The number of benzene rings is 2. The largest absolute Gasteiger partial charge is 0.380 e. The Hall–Kier alpha value is -3.75. The zero-order valence-electron chi connectivity index (χ0n) is 23.5. The Bertz CT molecular complexity index is 1570. The highest BCUT2D eigenvalue weighted by molar-refractivity contribution is 5.97. The molecule has 0 aliphatic carbocycles. The predicted octanol–water partition coefficient (Wildman–Crippen LogP) is 4.39. The fraction of sp³-hybridized carbons (Fsp3) is 0.406. The van der Waals surface area contributed by atoms with Gasteiger partial charge < -0.3 is 24.4 Å². The van der Waals surface area contributed by atoms with Gasteiger partial charge in [0, 0.05) is 67.8 Å². The zero-order chi connectivity index (χ0) is 27.4. The lowest BCUT2D eigenvalue weighted by Crippen LogP contribution is -2.67. The molecular weight excluding hydrogens is 500 g/mol.